The van der Waals surface area contributed by atoms with Crippen molar-refractivity contribution in [1.29, 1.82) is 5.26 Å². The van der Waals surface area contributed by atoms with Crippen LogP contribution >= 0.6 is 11.6 Å². The van der Waals surface area contributed by atoms with Gasteiger partial charge in [-0.1, -0.05) is 54.1 Å². The number of aliphatic carboxylic acids is 1. The van der Waals surface area contributed by atoms with Crippen LogP contribution in [0.1, 0.15) is 11.1 Å². The molecule has 0 aliphatic carbocycles. The summed E-state index contributed by atoms with van der Waals surface area (Å²) in [6, 6.07) is 20.2. The molecule has 128 valence electrons. The van der Waals surface area contributed by atoms with Crippen LogP contribution < -0.4 is 4.74 Å². The van der Waals surface area contributed by atoms with Crippen LogP contribution in [0, 0.1) is 11.3 Å². The van der Waals surface area contributed by atoms with Gasteiger partial charge in [0.15, 0.2) is 0 Å². The highest BCUT2D eigenvalue weighted by atomic mass is 35.5. The van der Waals surface area contributed by atoms with Gasteiger partial charge in [-0.3, -0.25) is 0 Å². The molecule has 5 heteroatoms. The Morgan fingerprint density at radius 2 is 1.85 bits per heavy atom. The standard InChI is InChI=1S/C21H14ClNO3/c22-17-8-5-14(6-9-17)13-26-20-10-7-15-3-1-2-4-18(15)19(20)11-16(12-23)21(24)25/h1-11H,13H2,(H,24,25). The summed E-state index contributed by atoms with van der Waals surface area (Å²) < 4.78 is 5.91. The smallest absolute Gasteiger partial charge is 0.346 e. The minimum atomic E-state index is -1.27. The van der Waals surface area contributed by atoms with Crippen molar-refractivity contribution in [2.45, 2.75) is 6.61 Å². The van der Waals surface area contributed by atoms with Crippen LogP contribution in [0.3, 0.4) is 0 Å². The molecule has 26 heavy (non-hydrogen) atoms. The number of carboxylic acid groups (broad SMARTS) is 1. The van der Waals surface area contributed by atoms with Crippen LogP contribution in [0.4, 0.5) is 0 Å². The molecule has 0 aliphatic heterocycles. The lowest BCUT2D eigenvalue weighted by molar-refractivity contribution is -0.132. The van der Waals surface area contributed by atoms with Gasteiger partial charge in [-0.15, -0.1) is 0 Å². The van der Waals surface area contributed by atoms with Gasteiger partial charge in [0, 0.05) is 10.6 Å². The predicted octanol–water partition coefficient (Wildman–Crippen LogP) is 5.06. The van der Waals surface area contributed by atoms with Crippen LogP contribution in [0.15, 0.2) is 66.2 Å². The molecule has 0 unspecified atom stereocenters. The molecule has 1 N–H and O–H groups in total. The molecule has 0 aromatic heterocycles. The maximum atomic E-state index is 11.2. The van der Waals surface area contributed by atoms with Crippen molar-refractivity contribution >= 4 is 34.4 Å². The summed E-state index contributed by atoms with van der Waals surface area (Å²) in [5.41, 5.74) is 1.14. The first-order chi connectivity index (χ1) is 12.6. The molecule has 0 atom stereocenters. The van der Waals surface area contributed by atoms with Crippen LogP contribution in [-0.2, 0) is 11.4 Å². The minimum absolute atomic E-state index is 0.297. The number of hydrogen-bond acceptors (Lipinski definition) is 3. The van der Waals surface area contributed by atoms with E-state index in [4.69, 9.17) is 21.6 Å². The van der Waals surface area contributed by atoms with Crippen LogP contribution in [0.5, 0.6) is 5.75 Å². The zero-order valence-corrected chi connectivity index (χ0v) is 14.4. The Bertz CT molecular complexity index is 1030. The molecular formula is C21H14ClNO3. The molecule has 0 heterocycles. The number of halogens is 1. The zero-order valence-electron chi connectivity index (χ0n) is 13.6. The Balaban J connectivity index is 2.04. The SMILES string of the molecule is N#CC(=Cc1c(OCc2ccc(Cl)cc2)ccc2ccccc12)C(=O)O. The molecule has 0 amide bonds. The second-order valence-corrected chi connectivity index (χ2v) is 6.03. The van der Waals surface area contributed by atoms with E-state index in [-0.39, 0.29) is 5.57 Å². The summed E-state index contributed by atoms with van der Waals surface area (Å²) in [5.74, 6) is -0.767. The average Bonchev–Trinajstić information content (AvgIpc) is 2.65. The van der Waals surface area contributed by atoms with E-state index in [1.165, 1.54) is 6.08 Å². The summed E-state index contributed by atoms with van der Waals surface area (Å²) in [4.78, 5) is 11.2. The first-order valence-electron chi connectivity index (χ1n) is 7.82. The van der Waals surface area contributed by atoms with Crippen molar-refractivity contribution in [3.05, 3.63) is 82.4 Å². The van der Waals surface area contributed by atoms with Crippen LogP contribution in [0.2, 0.25) is 5.02 Å². The lowest BCUT2D eigenvalue weighted by atomic mass is 10.0. The monoisotopic (exact) mass is 363 g/mol. The van der Waals surface area contributed by atoms with E-state index in [0.717, 1.165) is 16.3 Å². The topological polar surface area (TPSA) is 70.3 Å². The number of benzene rings is 3. The first-order valence-corrected chi connectivity index (χ1v) is 8.20. The predicted molar refractivity (Wildman–Crippen MR) is 101 cm³/mol. The number of hydrogen-bond donors (Lipinski definition) is 1. The minimum Gasteiger partial charge on any atom is -0.488 e. The highest BCUT2D eigenvalue weighted by Crippen LogP contribution is 2.31. The molecule has 0 radical (unpaired) electrons. The van der Waals surface area contributed by atoms with E-state index in [9.17, 15) is 9.90 Å². The molecule has 0 saturated carbocycles. The van der Waals surface area contributed by atoms with Crippen molar-refractivity contribution in [2.24, 2.45) is 0 Å². The fraction of sp³-hybridized carbons (Fsp3) is 0.0476. The Hall–Kier alpha value is -3.29. The zero-order chi connectivity index (χ0) is 18.5. The quantitative estimate of drug-likeness (QED) is 0.508. The third-order valence-corrected chi connectivity index (χ3v) is 4.13. The number of carbonyl (C=O) groups is 1. The summed E-state index contributed by atoms with van der Waals surface area (Å²) in [7, 11) is 0. The first kappa shape index (κ1) is 17.5. The molecule has 3 aromatic rings. The van der Waals surface area contributed by atoms with E-state index in [1.807, 2.05) is 42.5 Å². The van der Waals surface area contributed by atoms with Gasteiger partial charge in [0.05, 0.1) is 0 Å². The van der Waals surface area contributed by atoms with Gasteiger partial charge in [0.25, 0.3) is 0 Å². The van der Waals surface area contributed by atoms with Crippen molar-refractivity contribution < 1.29 is 14.6 Å². The number of rotatable bonds is 5. The van der Waals surface area contributed by atoms with Crippen molar-refractivity contribution in [1.82, 2.24) is 0 Å². The van der Waals surface area contributed by atoms with E-state index in [1.54, 1.807) is 24.3 Å². The van der Waals surface area contributed by atoms with E-state index < -0.39 is 5.97 Å². The van der Waals surface area contributed by atoms with Crippen molar-refractivity contribution in [3.8, 4) is 11.8 Å². The third-order valence-electron chi connectivity index (χ3n) is 3.88. The second-order valence-electron chi connectivity index (χ2n) is 5.59. The molecule has 0 saturated heterocycles. The fourth-order valence-corrected chi connectivity index (χ4v) is 2.70. The molecular weight excluding hydrogens is 350 g/mol. The third kappa shape index (κ3) is 3.85. The van der Waals surface area contributed by atoms with Gasteiger partial charge < -0.3 is 9.84 Å². The Labute approximate surface area is 155 Å². The van der Waals surface area contributed by atoms with Crippen LogP contribution in [-0.4, -0.2) is 11.1 Å². The number of nitrogens with zero attached hydrogens (tertiary/aromatic N) is 1. The Morgan fingerprint density at radius 3 is 2.54 bits per heavy atom. The average molecular weight is 364 g/mol. The normalized spacial score (nSPS) is 11.2. The van der Waals surface area contributed by atoms with Crippen LogP contribution in [0.25, 0.3) is 16.8 Å². The molecule has 0 aliphatic rings. The highest BCUT2D eigenvalue weighted by Gasteiger charge is 2.12. The molecule has 4 nitrogen and oxygen atoms in total. The summed E-state index contributed by atoms with van der Waals surface area (Å²) in [6.45, 7) is 0.297. The molecule has 3 rings (SSSR count). The maximum Gasteiger partial charge on any atom is 0.346 e. The van der Waals surface area contributed by atoms with Gasteiger partial charge in [-0.05, 0) is 40.6 Å². The van der Waals surface area contributed by atoms with E-state index >= 15 is 0 Å². The second kappa shape index (κ2) is 7.73. The summed E-state index contributed by atoms with van der Waals surface area (Å²) in [6.07, 6.45) is 1.35. The molecule has 0 spiro atoms. The van der Waals surface area contributed by atoms with E-state index in [2.05, 4.69) is 0 Å². The number of ether oxygens (including phenoxy) is 1. The lowest BCUT2D eigenvalue weighted by Gasteiger charge is -2.12. The number of carboxylic acids is 1. The number of nitriles is 1. The van der Waals surface area contributed by atoms with Gasteiger partial charge in [-0.2, -0.15) is 5.26 Å². The lowest BCUT2D eigenvalue weighted by Crippen LogP contribution is -2.00. The maximum absolute atomic E-state index is 11.2. The van der Waals surface area contributed by atoms with Gasteiger partial charge >= 0.3 is 5.97 Å². The fourth-order valence-electron chi connectivity index (χ4n) is 2.58. The van der Waals surface area contributed by atoms with Crippen molar-refractivity contribution in [3.63, 3.8) is 0 Å². The molecule has 0 bridgehead atoms. The van der Waals surface area contributed by atoms with Gasteiger partial charge in [0.1, 0.15) is 24.0 Å². The summed E-state index contributed by atoms with van der Waals surface area (Å²) >= 11 is 5.89. The molecule has 3 aromatic carbocycles. The van der Waals surface area contributed by atoms with E-state index in [0.29, 0.717) is 22.9 Å². The Kier molecular flexibility index (Phi) is 5.21. The highest BCUT2D eigenvalue weighted by molar-refractivity contribution is 6.30. The van der Waals surface area contributed by atoms with Crippen molar-refractivity contribution in [2.75, 3.05) is 0 Å². The van der Waals surface area contributed by atoms with Gasteiger partial charge in [-0.25, -0.2) is 4.79 Å². The molecule has 0 fully saturated rings. The number of fused-ring (bicyclic) bond motifs is 1. The largest absolute Gasteiger partial charge is 0.488 e. The Morgan fingerprint density at radius 1 is 1.12 bits per heavy atom. The van der Waals surface area contributed by atoms with Gasteiger partial charge in [0.2, 0.25) is 0 Å². The summed E-state index contributed by atoms with van der Waals surface area (Å²) in [5, 5.41) is 20.7.